The lowest BCUT2D eigenvalue weighted by molar-refractivity contribution is 1.07. The van der Waals surface area contributed by atoms with Crippen LogP contribution in [0.5, 0.6) is 0 Å². The van der Waals surface area contributed by atoms with E-state index >= 15 is 0 Å². The molecule has 0 radical (unpaired) electrons. The lowest BCUT2D eigenvalue weighted by Gasteiger charge is -2.12. The van der Waals surface area contributed by atoms with Gasteiger partial charge in [-0.3, -0.25) is 0 Å². The first-order chi connectivity index (χ1) is 27.7. The van der Waals surface area contributed by atoms with Gasteiger partial charge in [-0.2, -0.15) is 0 Å². The minimum Gasteiger partial charge on any atom is -0.309 e. The average Bonchev–Trinajstić information content (AvgIpc) is 3.83. The Morgan fingerprint density at radius 3 is 1.61 bits per heavy atom. The van der Waals surface area contributed by atoms with Gasteiger partial charge >= 0.3 is 0 Å². The van der Waals surface area contributed by atoms with Gasteiger partial charge in [-0.25, -0.2) is 15.0 Å². The Hall–Kier alpha value is -7.21. The molecular weight excluding hydrogens is 701 g/mol. The number of hydrogen-bond acceptors (Lipinski definition) is 4. The molecule has 0 amide bonds. The zero-order chi connectivity index (χ0) is 37.0. The smallest absolute Gasteiger partial charge is 0.165 e. The average molecular weight is 733 g/mol. The fourth-order valence-electron chi connectivity index (χ4n) is 7.98. The van der Waals surface area contributed by atoms with Gasteiger partial charge < -0.3 is 4.57 Å². The zero-order valence-corrected chi connectivity index (χ0v) is 31.0. The quantitative estimate of drug-likeness (QED) is 0.171. The summed E-state index contributed by atoms with van der Waals surface area (Å²) in [7, 11) is 0. The maximum Gasteiger partial charge on any atom is 0.165 e. The van der Waals surface area contributed by atoms with Crippen molar-refractivity contribution in [1.29, 1.82) is 0 Å². The van der Waals surface area contributed by atoms with Crippen molar-refractivity contribution < 1.29 is 0 Å². The SMILES string of the molecule is c1ccc(-c2cccc(-c3ccc(-c4nc(-c5cccc(-n6c7ccccc7c7ccccc76)c5)nc(-c5cccc6c5sc5ccccc56)n4)cc3)c2)cc1. The molecule has 0 N–H and O–H groups in total. The highest BCUT2D eigenvalue weighted by Crippen LogP contribution is 2.40. The Kier molecular flexibility index (Phi) is 7.64. The molecule has 11 rings (SSSR count). The van der Waals surface area contributed by atoms with Crippen LogP contribution in [0.2, 0.25) is 0 Å². The van der Waals surface area contributed by atoms with E-state index in [0.717, 1.165) is 44.5 Å². The molecule has 0 bridgehead atoms. The number of aromatic nitrogens is 4. The van der Waals surface area contributed by atoms with E-state index in [4.69, 9.17) is 15.0 Å². The van der Waals surface area contributed by atoms with E-state index in [2.05, 4.69) is 199 Å². The summed E-state index contributed by atoms with van der Waals surface area (Å²) >= 11 is 1.78. The molecule has 0 spiro atoms. The summed E-state index contributed by atoms with van der Waals surface area (Å²) in [4.78, 5) is 15.7. The Bertz CT molecular complexity index is 3200. The van der Waals surface area contributed by atoms with E-state index in [1.807, 2.05) is 0 Å². The summed E-state index contributed by atoms with van der Waals surface area (Å²) in [6.07, 6.45) is 0. The molecule has 0 saturated carbocycles. The Morgan fingerprint density at radius 2 is 0.857 bits per heavy atom. The van der Waals surface area contributed by atoms with Gasteiger partial charge in [0.05, 0.1) is 11.0 Å². The lowest BCUT2D eigenvalue weighted by Crippen LogP contribution is -2.01. The minimum absolute atomic E-state index is 0.630. The maximum absolute atomic E-state index is 5.25. The molecular formula is C51H32N4S. The van der Waals surface area contributed by atoms with Crippen molar-refractivity contribution >= 4 is 53.3 Å². The highest BCUT2D eigenvalue weighted by atomic mass is 32.1. The first-order valence-corrected chi connectivity index (χ1v) is 19.6. The molecule has 0 fully saturated rings. The van der Waals surface area contributed by atoms with Gasteiger partial charge in [-0.1, -0.05) is 152 Å². The summed E-state index contributed by atoms with van der Waals surface area (Å²) in [5.74, 6) is 1.92. The van der Waals surface area contributed by atoms with Gasteiger partial charge in [0.1, 0.15) is 0 Å². The van der Waals surface area contributed by atoms with Crippen LogP contribution in [-0.2, 0) is 0 Å². The van der Waals surface area contributed by atoms with Crippen LogP contribution in [0.4, 0.5) is 0 Å². The summed E-state index contributed by atoms with van der Waals surface area (Å²) in [6.45, 7) is 0. The predicted octanol–water partition coefficient (Wildman–Crippen LogP) is 13.7. The normalized spacial score (nSPS) is 11.6. The van der Waals surface area contributed by atoms with E-state index < -0.39 is 0 Å². The van der Waals surface area contributed by atoms with Gasteiger partial charge in [-0.05, 0) is 64.7 Å². The highest BCUT2D eigenvalue weighted by Gasteiger charge is 2.18. The van der Waals surface area contributed by atoms with E-state index in [9.17, 15) is 0 Å². The topological polar surface area (TPSA) is 43.6 Å². The summed E-state index contributed by atoms with van der Waals surface area (Å²) < 4.78 is 4.75. The summed E-state index contributed by atoms with van der Waals surface area (Å²) in [5.41, 5.74) is 10.9. The van der Waals surface area contributed by atoms with Crippen LogP contribution >= 0.6 is 11.3 Å². The fourth-order valence-corrected chi connectivity index (χ4v) is 9.20. The molecule has 5 heteroatoms. The second kappa shape index (κ2) is 13.3. The number of para-hydroxylation sites is 2. The third-order valence-corrected chi connectivity index (χ3v) is 11.9. The van der Waals surface area contributed by atoms with Gasteiger partial charge in [0, 0.05) is 53.3 Å². The molecule has 0 aliphatic rings. The van der Waals surface area contributed by atoms with E-state index in [0.29, 0.717) is 17.5 Å². The number of benzene rings is 8. The lowest BCUT2D eigenvalue weighted by atomic mass is 9.98. The Labute approximate surface area is 327 Å². The number of fused-ring (bicyclic) bond motifs is 6. The molecule has 4 nitrogen and oxygen atoms in total. The predicted molar refractivity (Wildman–Crippen MR) is 234 cm³/mol. The molecule has 3 heterocycles. The van der Waals surface area contributed by atoms with Gasteiger partial charge in [0.25, 0.3) is 0 Å². The summed E-state index contributed by atoms with van der Waals surface area (Å²) in [6, 6.07) is 68.6. The molecule has 56 heavy (non-hydrogen) atoms. The Balaban J connectivity index is 1.06. The van der Waals surface area contributed by atoms with Crippen molar-refractivity contribution in [1.82, 2.24) is 19.5 Å². The molecule has 0 aliphatic carbocycles. The van der Waals surface area contributed by atoms with Crippen LogP contribution in [0.25, 0.3) is 104 Å². The number of rotatable bonds is 6. The van der Waals surface area contributed by atoms with Crippen molar-refractivity contribution in [3.8, 4) is 62.1 Å². The fraction of sp³-hybridized carbons (Fsp3) is 0. The van der Waals surface area contributed by atoms with Crippen LogP contribution in [-0.4, -0.2) is 19.5 Å². The minimum atomic E-state index is 0.630. The van der Waals surface area contributed by atoms with Crippen molar-refractivity contribution in [2.24, 2.45) is 0 Å². The van der Waals surface area contributed by atoms with Crippen molar-refractivity contribution in [2.75, 3.05) is 0 Å². The molecule has 0 unspecified atom stereocenters. The van der Waals surface area contributed by atoms with Crippen LogP contribution < -0.4 is 0 Å². The third kappa shape index (κ3) is 5.48. The van der Waals surface area contributed by atoms with Crippen molar-refractivity contribution in [3.05, 3.63) is 194 Å². The van der Waals surface area contributed by atoms with Crippen LogP contribution in [0, 0.1) is 0 Å². The molecule has 262 valence electrons. The van der Waals surface area contributed by atoms with Crippen molar-refractivity contribution in [2.45, 2.75) is 0 Å². The van der Waals surface area contributed by atoms with E-state index in [-0.39, 0.29) is 0 Å². The van der Waals surface area contributed by atoms with Gasteiger partial charge in [0.2, 0.25) is 0 Å². The number of thiophene rings is 1. The second-order valence-electron chi connectivity index (χ2n) is 14.0. The van der Waals surface area contributed by atoms with E-state index in [1.54, 1.807) is 11.3 Å². The largest absolute Gasteiger partial charge is 0.309 e. The van der Waals surface area contributed by atoms with Crippen LogP contribution in [0.3, 0.4) is 0 Å². The monoisotopic (exact) mass is 732 g/mol. The zero-order valence-electron chi connectivity index (χ0n) is 30.2. The molecule has 0 aliphatic heterocycles. The standard InChI is InChI=1S/C51H32N4S/c1-2-13-33(14-3-1)36-15-10-16-37(31-36)34-27-29-35(30-28-34)49-52-50(54-51(53-49)44-23-12-22-43-42-21-6-9-26-47(42)56-48(43)44)38-17-11-18-39(32-38)55-45-24-7-4-19-40(45)41-20-5-8-25-46(41)55/h1-32H. The third-order valence-electron chi connectivity index (χ3n) is 10.7. The van der Waals surface area contributed by atoms with Crippen molar-refractivity contribution in [3.63, 3.8) is 0 Å². The van der Waals surface area contributed by atoms with Gasteiger partial charge in [-0.15, -0.1) is 11.3 Å². The molecule has 0 saturated heterocycles. The first kappa shape index (κ1) is 32.2. The number of hydrogen-bond donors (Lipinski definition) is 0. The van der Waals surface area contributed by atoms with Crippen LogP contribution in [0.15, 0.2) is 194 Å². The summed E-state index contributed by atoms with van der Waals surface area (Å²) in [5, 5.41) is 4.91. The highest BCUT2D eigenvalue weighted by molar-refractivity contribution is 7.26. The maximum atomic E-state index is 5.25. The molecule has 0 atom stereocenters. The molecule has 8 aromatic carbocycles. The second-order valence-corrected chi connectivity index (χ2v) is 15.1. The molecule has 3 aromatic heterocycles. The molecule has 11 aromatic rings. The first-order valence-electron chi connectivity index (χ1n) is 18.8. The van der Waals surface area contributed by atoms with Gasteiger partial charge in [0.15, 0.2) is 17.5 Å². The Morgan fingerprint density at radius 1 is 0.339 bits per heavy atom. The van der Waals surface area contributed by atoms with Crippen LogP contribution in [0.1, 0.15) is 0 Å². The van der Waals surface area contributed by atoms with E-state index in [1.165, 1.54) is 42.1 Å². The number of nitrogens with zero attached hydrogens (tertiary/aromatic N) is 4.